The molecule has 43 heavy (non-hydrogen) atoms. The minimum atomic E-state index is -4.01. The molecule has 10 nitrogen and oxygen atoms in total. The zero-order chi connectivity index (χ0) is 30.2. The van der Waals surface area contributed by atoms with Crippen LogP contribution in [0.3, 0.4) is 0 Å². The lowest BCUT2D eigenvalue weighted by Gasteiger charge is -2.13. The number of sulfonamides is 1. The fourth-order valence-electron chi connectivity index (χ4n) is 4.92. The number of primary sulfonamides is 1. The van der Waals surface area contributed by atoms with Crippen LogP contribution < -0.4 is 21.1 Å². The van der Waals surface area contributed by atoms with Gasteiger partial charge < -0.3 is 26.0 Å². The average Bonchev–Trinajstić information content (AvgIpc) is 3.42. The number of aromatic nitrogens is 2. The van der Waals surface area contributed by atoms with Crippen LogP contribution in [0.2, 0.25) is 0 Å². The Kier molecular flexibility index (Phi) is 9.48. The van der Waals surface area contributed by atoms with Crippen molar-refractivity contribution in [3.63, 3.8) is 0 Å². The lowest BCUT2D eigenvalue weighted by Crippen LogP contribution is -2.30. The Labute approximate surface area is 250 Å². The van der Waals surface area contributed by atoms with E-state index in [2.05, 4.69) is 25.9 Å². The summed E-state index contributed by atoms with van der Waals surface area (Å²) >= 11 is 0. The highest BCUT2D eigenvalue weighted by Gasteiger charge is 2.17. The van der Waals surface area contributed by atoms with Crippen molar-refractivity contribution < 1.29 is 18.3 Å². The van der Waals surface area contributed by atoms with Crippen LogP contribution in [0.25, 0.3) is 22.0 Å². The minimum Gasteiger partial charge on any atom is -0.387 e. The van der Waals surface area contributed by atoms with Gasteiger partial charge in [0, 0.05) is 59.4 Å². The SMILES string of the molecule is NS(=O)(=O)c1ccc(NC(=O)NCCc2c[nH]c3ccccc23)cc1-c1ccc(CCNCC(O)c2cccnc2)cc1. The Morgan fingerprint density at radius 2 is 1.79 bits per heavy atom. The molecule has 0 saturated carbocycles. The van der Waals surface area contributed by atoms with E-state index >= 15 is 0 Å². The molecule has 1 unspecified atom stereocenters. The average molecular weight is 599 g/mol. The predicted octanol–water partition coefficient (Wildman–Crippen LogP) is 4.11. The van der Waals surface area contributed by atoms with Crippen LogP contribution in [0, 0.1) is 0 Å². The molecule has 7 N–H and O–H groups in total. The summed E-state index contributed by atoms with van der Waals surface area (Å²) in [5.41, 5.74) is 5.42. The quantitative estimate of drug-likeness (QED) is 0.118. The van der Waals surface area contributed by atoms with Gasteiger partial charge in [-0.15, -0.1) is 0 Å². The number of benzene rings is 3. The third kappa shape index (κ3) is 7.85. The van der Waals surface area contributed by atoms with E-state index in [-0.39, 0.29) is 4.90 Å². The van der Waals surface area contributed by atoms with Crippen LogP contribution in [0.4, 0.5) is 10.5 Å². The largest absolute Gasteiger partial charge is 0.387 e. The van der Waals surface area contributed by atoms with E-state index in [1.165, 1.54) is 12.1 Å². The van der Waals surface area contributed by atoms with Gasteiger partial charge in [0.25, 0.3) is 0 Å². The number of nitrogens with two attached hydrogens (primary N) is 1. The number of hydrogen-bond donors (Lipinski definition) is 6. The summed E-state index contributed by atoms with van der Waals surface area (Å²) in [4.78, 5) is 19.9. The summed E-state index contributed by atoms with van der Waals surface area (Å²) in [7, 11) is -4.01. The van der Waals surface area contributed by atoms with Crippen molar-refractivity contribution in [2.24, 2.45) is 5.14 Å². The van der Waals surface area contributed by atoms with Crippen molar-refractivity contribution in [1.82, 2.24) is 20.6 Å². The molecule has 222 valence electrons. The Morgan fingerprint density at radius 3 is 2.56 bits per heavy atom. The smallest absolute Gasteiger partial charge is 0.319 e. The first kappa shape index (κ1) is 29.9. The standard InChI is InChI=1S/C32H34N6O4S/c33-43(41,42)31-12-11-26(38-32(40)36-17-14-24-20-37-29-6-2-1-5-27(24)29)18-28(31)23-9-7-22(8-10-23)13-16-35-21-30(39)25-4-3-15-34-19-25/h1-12,15,18-20,30,35,37,39H,13-14,16-17,21H2,(H2,33,41,42)(H2,36,38,40). The van der Waals surface area contributed by atoms with Crippen LogP contribution in [0.5, 0.6) is 0 Å². The van der Waals surface area contributed by atoms with Gasteiger partial charge in [-0.25, -0.2) is 18.4 Å². The molecule has 0 spiro atoms. The lowest BCUT2D eigenvalue weighted by atomic mass is 10.0. The number of aromatic amines is 1. The molecule has 2 aromatic heterocycles. The van der Waals surface area contributed by atoms with E-state index in [0.717, 1.165) is 27.6 Å². The molecule has 0 bridgehead atoms. The number of nitrogens with one attached hydrogen (secondary N) is 4. The summed E-state index contributed by atoms with van der Waals surface area (Å²) in [5.74, 6) is 0. The van der Waals surface area contributed by atoms with Crippen molar-refractivity contribution in [1.29, 1.82) is 0 Å². The maximum atomic E-state index is 12.6. The molecule has 0 aliphatic carbocycles. The second-order valence-electron chi connectivity index (χ2n) is 10.2. The highest BCUT2D eigenvalue weighted by atomic mass is 32.2. The molecule has 2 heterocycles. The van der Waals surface area contributed by atoms with E-state index in [1.54, 1.807) is 24.5 Å². The van der Waals surface area contributed by atoms with E-state index < -0.39 is 22.2 Å². The number of aliphatic hydroxyl groups is 1. The Balaban J connectivity index is 1.19. The van der Waals surface area contributed by atoms with E-state index in [9.17, 15) is 18.3 Å². The third-order valence-corrected chi connectivity index (χ3v) is 8.13. The number of nitrogens with zero attached hydrogens (tertiary/aromatic N) is 1. The van der Waals surface area contributed by atoms with Crippen LogP contribution in [-0.4, -0.2) is 49.2 Å². The molecule has 5 rings (SSSR count). The van der Waals surface area contributed by atoms with Crippen LogP contribution in [0.1, 0.15) is 22.8 Å². The monoisotopic (exact) mass is 598 g/mol. The van der Waals surface area contributed by atoms with Crippen molar-refractivity contribution in [2.75, 3.05) is 25.0 Å². The maximum Gasteiger partial charge on any atom is 0.319 e. The molecule has 0 radical (unpaired) electrons. The second-order valence-corrected chi connectivity index (χ2v) is 11.7. The topological polar surface area (TPSA) is 162 Å². The molecular weight excluding hydrogens is 564 g/mol. The van der Waals surface area contributed by atoms with Gasteiger partial charge in [-0.3, -0.25) is 4.98 Å². The molecule has 0 aliphatic heterocycles. The van der Waals surface area contributed by atoms with E-state index in [0.29, 0.717) is 49.3 Å². The zero-order valence-electron chi connectivity index (χ0n) is 23.5. The van der Waals surface area contributed by atoms with Crippen molar-refractivity contribution in [2.45, 2.75) is 23.8 Å². The van der Waals surface area contributed by atoms with Gasteiger partial charge in [0.05, 0.1) is 11.0 Å². The number of H-pyrrole nitrogens is 1. The third-order valence-electron chi connectivity index (χ3n) is 7.16. The first-order chi connectivity index (χ1) is 20.8. The summed E-state index contributed by atoms with van der Waals surface area (Å²) in [5, 5.41) is 25.8. The zero-order valence-corrected chi connectivity index (χ0v) is 24.3. The first-order valence-electron chi connectivity index (χ1n) is 13.9. The highest BCUT2D eigenvalue weighted by Crippen LogP contribution is 2.30. The molecule has 0 fully saturated rings. The van der Waals surface area contributed by atoms with E-state index in [4.69, 9.17) is 5.14 Å². The number of carbonyl (C=O) groups is 1. The van der Waals surface area contributed by atoms with Gasteiger partial charge >= 0.3 is 6.03 Å². The number of para-hydroxylation sites is 1. The van der Waals surface area contributed by atoms with Crippen LogP contribution in [-0.2, 0) is 22.9 Å². The number of anilines is 1. The molecule has 3 aromatic carbocycles. The van der Waals surface area contributed by atoms with Gasteiger partial charge in [0.15, 0.2) is 0 Å². The number of amides is 2. The van der Waals surface area contributed by atoms with E-state index in [1.807, 2.05) is 60.8 Å². The summed E-state index contributed by atoms with van der Waals surface area (Å²) in [6, 6.07) is 23.2. The Bertz CT molecular complexity index is 1790. The van der Waals surface area contributed by atoms with Gasteiger partial charge in [-0.2, -0.15) is 0 Å². The first-order valence-corrected chi connectivity index (χ1v) is 15.5. The lowest BCUT2D eigenvalue weighted by molar-refractivity contribution is 0.174. The Morgan fingerprint density at radius 1 is 0.977 bits per heavy atom. The molecule has 11 heteroatoms. The normalized spacial score (nSPS) is 12.2. The van der Waals surface area contributed by atoms with Crippen molar-refractivity contribution in [3.8, 4) is 11.1 Å². The van der Waals surface area contributed by atoms with Crippen LogP contribution >= 0.6 is 0 Å². The van der Waals surface area contributed by atoms with Gasteiger partial charge in [-0.05, 0) is 66.4 Å². The number of aliphatic hydroxyl groups excluding tert-OH is 1. The summed E-state index contributed by atoms with van der Waals surface area (Å²) < 4.78 is 24.7. The van der Waals surface area contributed by atoms with Gasteiger partial charge in [0.2, 0.25) is 10.0 Å². The van der Waals surface area contributed by atoms with Crippen molar-refractivity contribution >= 4 is 32.6 Å². The number of rotatable bonds is 12. The number of urea groups is 1. The van der Waals surface area contributed by atoms with Crippen LogP contribution in [0.15, 0.2) is 102 Å². The number of hydrogen-bond acceptors (Lipinski definition) is 6. The number of pyridine rings is 1. The summed E-state index contributed by atoms with van der Waals surface area (Å²) in [6.07, 6.45) is 5.97. The highest BCUT2D eigenvalue weighted by molar-refractivity contribution is 7.89. The minimum absolute atomic E-state index is 0.0309. The van der Waals surface area contributed by atoms with Gasteiger partial charge in [0.1, 0.15) is 0 Å². The molecule has 1 atom stereocenters. The predicted molar refractivity (Wildman–Crippen MR) is 168 cm³/mol. The fourth-order valence-corrected chi connectivity index (χ4v) is 5.66. The second kappa shape index (κ2) is 13.6. The molecule has 5 aromatic rings. The molecule has 0 saturated heterocycles. The van der Waals surface area contributed by atoms with Crippen molar-refractivity contribution in [3.05, 3.63) is 114 Å². The number of fused-ring (bicyclic) bond motifs is 1. The molecule has 0 aliphatic rings. The number of carbonyl (C=O) groups excluding carboxylic acids is 1. The fraction of sp³-hybridized carbons (Fsp3) is 0.188. The van der Waals surface area contributed by atoms with Gasteiger partial charge in [-0.1, -0.05) is 48.5 Å². The molecular formula is C32H34N6O4S. The maximum absolute atomic E-state index is 12.6. The molecule has 2 amide bonds. The summed E-state index contributed by atoms with van der Waals surface area (Å²) in [6.45, 7) is 1.47. The Hall–Kier alpha value is -4.55.